The molecule has 0 heterocycles. The van der Waals surface area contributed by atoms with Crippen LogP contribution in [-0.4, -0.2) is 24.3 Å². The standard InChI is InChI=1S/C9H16O3/c1-3-12-9(11)6-4-5-8(2)7-10/h5,10H,3-4,6-7H2,1-2H3/b8-5+. The van der Waals surface area contributed by atoms with Crippen LogP contribution >= 0.6 is 0 Å². The number of esters is 1. The van der Waals surface area contributed by atoms with Crippen LogP contribution in [0.5, 0.6) is 0 Å². The molecular formula is C9H16O3. The van der Waals surface area contributed by atoms with Crippen molar-refractivity contribution < 1.29 is 14.6 Å². The van der Waals surface area contributed by atoms with Gasteiger partial charge in [-0.25, -0.2) is 0 Å². The molecule has 0 aliphatic carbocycles. The number of aliphatic hydroxyl groups is 1. The van der Waals surface area contributed by atoms with Gasteiger partial charge in [-0.1, -0.05) is 11.6 Å². The molecule has 12 heavy (non-hydrogen) atoms. The number of aliphatic hydroxyl groups excluding tert-OH is 1. The molecule has 0 spiro atoms. The Morgan fingerprint density at radius 1 is 1.58 bits per heavy atom. The van der Waals surface area contributed by atoms with Crippen LogP contribution in [0.15, 0.2) is 11.6 Å². The molecule has 0 aliphatic heterocycles. The first-order valence-corrected chi connectivity index (χ1v) is 4.12. The van der Waals surface area contributed by atoms with Crippen LogP contribution < -0.4 is 0 Å². The Balaban J connectivity index is 3.48. The number of rotatable bonds is 5. The number of ether oxygens (including phenoxy) is 1. The molecule has 0 rings (SSSR count). The fourth-order valence-corrected chi connectivity index (χ4v) is 0.734. The molecule has 0 unspecified atom stereocenters. The largest absolute Gasteiger partial charge is 0.466 e. The number of hydrogen-bond donors (Lipinski definition) is 1. The lowest BCUT2D eigenvalue weighted by atomic mass is 10.2. The fourth-order valence-electron chi connectivity index (χ4n) is 0.734. The Labute approximate surface area is 73.0 Å². The van der Waals surface area contributed by atoms with E-state index < -0.39 is 0 Å². The minimum Gasteiger partial charge on any atom is -0.466 e. The second-order valence-electron chi connectivity index (χ2n) is 2.55. The van der Waals surface area contributed by atoms with E-state index in [1.54, 1.807) is 6.92 Å². The summed E-state index contributed by atoms with van der Waals surface area (Å²) in [6.45, 7) is 4.10. The van der Waals surface area contributed by atoms with Gasteiger partial charge in [0.15, 0.2) is 0 Å². The van der Waals surface area contributed by atoms with Crippen molar-refractivity contribution in [1.29, 1.82) is 0 Å². The Hall–Kier alpha value is -0.830. The first kappa shape index (κ1) is 11.2. The molecule has 0 fully saturated rings. The smallest absolute Gasteiger partial charge is 0.306 e. The Bertz CT molecular complexity index is 161. The molecule has 0 aromatic heterocycles. The minimum absolute atomic E-state index is 0.0584. The normalized spacial score (nSPS) is 11.4. The van der Waals surface area contributed by atoms with Crippen LogP contribution in [0.3, 0.4) is 0 Å². The van der Waals surface area contributed by atoms with Crippen LogP contribution in [-0.2, 0) is 9.53 Å². The van der Waals surface area contributed by atoms with Crippen molar-refractivity contribution in [2.24, 2.45) is 0 Å². The van der Waals surface area contributed by atoms with Crippen LogP contribution in [0.1, 0.15) is 26.7 Å². The summed E-state index contributed by atoms with van der Waals surface area (Å²) in [5.41, 5.74) is 0.888. The lowest BCUT2D eigenvalue weighted by Crippen LogP contribution is -2.02. The minimum atomic E-state index is -0.181. The van der Waals surface area contributed by atoms with Gasteiger partial charge in [-0.3, -0.25) is 4.79 Å². The SMILES string of the molecule is CCOC(=O)CC/C=C(\C)CO. The molecule has 0 amide bonds. The second-order valence-corrected chi connectivity index (χ2v) is 2.55. The molecule has 3 nitrogen and oxygen atoms in total. The van der Waals surface area contributed by atoms with Crippen LogP contribution in [0, 0.1) is 0 Å². The first-order valence-electron chi connectivity index (χ1n) is 4.12. The summed E-state index contributed by atoms with van der Waals surface area (Å²) in [5, 5.41) is 8.62. The van der Waals surface area contributed by atoms with E-state index in [-0.39, 0.29) is 12.6 Å². The Morgan fingerprint density at radius 3 is 2.75 bits per heavy atom. The van der Waals surface area contributed by atoms with E-state index in [9.17, 15) is 4.79 Å². The van der Waals surface area contributed by atoms with Gasteiger partial charge in [0.25, 0.3) is 0 Å². The van der Waals surface area contributed by atoms with Crippen LogP contribution in [0.4, 0.5) is 0 Å². The Morgan fingerprint density at radius 2 is 2.25 bits per heavy atom. The highest BCUT2D eigenvalue weighted by Crippen LogP contribution is 1.98. The molecule has 70 valence electrons. The second kappa shape index (κ2) is 6.85. The average molecular weight is 172 g/mol. The van der Waals surface area contributed by atoms with Crippen molar-refractivity contribution in [3.63, 3.8) is 0 Å². The molecule has 0 aromatic carbocycles. The molecule has 0 bridgehead atoms. The Kier molecular flexibility index (Phi) is 6.38. The van der Waals surface area contributed by atoms with Gasteiger partial charge in [-0.05, 0) is 20.3 Å². The van der Waals surface area contributed by atoms with Gasteiger partial charge < -0.3 is 9.84 Å². The van der Waals surface area contributed by atoms with E-state index in [4.69, 9.17) is 9.84 Å². The van der Waals surface area contributed by atoms with Crippen molar-refractivity contribution in [2.45, 2.75) is 26.7 Å². The molecule has 0 saturated heterocycles. The zero-order chi connectivity index (χ0) is 9.40. The van der Waals surface area contributed by atoms with E-state index >= 15 is 0 Å². The summed E-state index contributed by atoms with van der Waals surface area (Å²) in [4.78, 5) is 10.8. The summed E-state index contributed by atoms with van der Waals surface area (Å²) in [6.07, 6.45) is 2.88. The van der Waals surface area contributed by atoms with Gasteiger partial charge in [-0.15, -0.1) is 0 Å². The zero-order valence-corrected chi connectivity index (χ0v) is 7.67. The first-order chi connectivity index (χ1) is 5.70. The maximum atomic E-state index is 10.8. The summed E-state index contributed by atoms with van der Waals surface area (Å²) in [6, 6.07) is 0. The highest BCUT2D eigenvalue weighted by atomic mass is 16.5. The van der Waals surface area contributed by atoms with E-state index in [1.165, 1.54) is 0 Å². The quantitative estimate of drug-likeness (QED) is 0.501. The molecule has 0 radical (unpaired) electrons. The zero-order valence-electron chi connectivity index (χ0n) is 7.67. The maximum absolute atomic E-state index is 10.8. The van der Waals surface area contributed by atoms with Gasteiger partial charge in [0.2, 0.25) is 0 Å². The fraction of sp³-hybridized carbons (Fsp3) is 0.667. The molecule has 0 aliphatic rings. The third-order valence-corrected chi connectivity index (χ3v) is 1.40. The molecular weight excluding hydrogens is 156 g/mol. The van der Waals surface area contributed by atoms with Gasteiger partial charge >= 0.3 is 5.97 Å². The van der Waals surface area contributed by atoms with Gasteiger partial charge in [-0.2, -0.15) is 0 Å². The number of carbonyl (C=O) groups is 1. The lowest BCUT2D eigenvalue weighted by molar-refractivity contribution is -0.143. The van der Waals surface area contributed by atoms with Gasteiger partial charge in [0, 0.05) is 6.42 Å². The highest BCUT2D eigenvalue weighted by Gasteiger charge is 1.98. The van der Waals surface area contributed by atoms with Crippen molar-refractivity contribution in [2.75, 3.05) is 13.2 Å². The van der Waals surface area contributed by atoms with Gasteiger partial charge in [0.1, 0.15) is 0 Å². The molecule has 3 heteroatoms. The average Bonchev–Trinajstić information content (AvgIpc) is 2.04. The molecule has 1 N–H and O–H groups in total. The topological polar surface area (TPSA) is 46.5 Å². The molecule has 0 saturated carbocycles. The van der Waals surface area contributed by atoms with E-state index in [0.29, 0.717) is 19.4 Å². The van der Waals surface area contributed by atoms with Crippen molar-refractivity contribution in [3.05, 3.63) is 11.6 Å². The van der Waals surface area contributed by atoms with Crippen LogP contribution in [0.2, 0.25) is 0 Å². The van der Waals surface area contributed by atoms with Crippen molar-refractivity contribution in [1.82, 2.24) is 0 Å². The van der Waals surface area contributed by atoms with E-state index in [2.05, 4.69) is 0 Å². The van der Waals surface area contributed by atoms with E-state index in [1.807, 2.05) is 13.0 Å². The predicted molar refractivity (Wildman–Crippen MR) is 46.7 cm³/mol. The summed E-state index contributed by atoms with van der Waals surface area (Å²) in [5.74, 6) is -0.181. The van der Waals surface area contributed by atoms with Crippen LogP contribution in [0.25, 0.3) is 0 Å². The third-order valence-electron chi connectivity index (χ3n) is 1.40. The summed E-state index contributed by atoms with van der Waals surface area (Å²) in [7, 11) is 0. The lowest BCUT2D eigenvalue weighted by Gasteiger charge is -1.99. The predicted octanol–water partition coefficient (Wildman–Crippen LogP) is 1.27. The monoisotopic (exact) mass is 172 g/mol. The molecule has 0 atom stereocenters. The third kappa shape index (κ3) is 5.92. The number of hydrogen-bond acceptors (Lipinski definition) is 3. The van der Waals surface area contributed by atoms with Crippen molar-refractivity contribution >= 4 is 5.97 Å². The van der Waals surface area contributed by atoms with Gasteiger partial charge in [0.05, 0.1) is 13.2 Å². The summed E-state index contributed by atoms with van der Waals surface area (Å²) >= 11 is 0. The van der Waals surface area contributed by atoms with Crippen molar-refractivity contribution in [3.8, 4) is 0 Å². The summed E-state index contributed by atoms with van der Waals surface area (Å²) < 4.78 is 4.73. The number of allylic oxidation sites excluding steroid dienone is 1. The number of carbonyl (C=O) groups excluding carboxylic acids is 1. The van der Waals surface area contributed by atoms with E-state index in [0.717, 1.165) is 5.57 Å². The molecule has 0 aromatic rings. The highest BCUT2D eigenvalue weighted by molar-refractivity contribution is 5.69. The maximum Gasteiger partial charge on any atom is 0.306 e.